The Balaban J connectivity index is 2.02. The third-order valence-electron chi connectivity index (χ3n) is 4.53. The van der Waals surface area contributed by atoms with E-state index in [1.165, 1.54) is 4.90 Å². The highest BCUT2D eigenvalue weighted by Gasteiger charge is 2.33. The maximum Gasteiger partial charge on any atom is 0.431 e. The number of nitrogens with one attached hydrogen (secondary N) is 1. The maximum atomic E-state index is 12.6. The molecule has 0 spiro atoms. The quantitative estimate of drug-likeness (QED) is 0.867. The first kappa shape index (κ1) is 19.5. The van der Waals surface area contributed by atoms with Gasteiger partial charge in [0.1, 0.15) is 11.3 Å². The number of likely N-dealkylation sites (tertiary alicyclic amines) is 1. The van der Waals surface area contributed by atoms with Crippen LogP contribution in [0.2, 0.25) is 0 Å². The van der Waals surface area contributed by atoms with E-state index in [0.29, 0.717) is 44.3 Å². The Kier molecular flexibility index (Phi) is 5.92. The van der Waals surface area contributed by atoms with Gasteiger partial charge in [-0.1, -0.05) is 13.8 Å². The predicted molar refractivity (Wildman–Crippen MR) is 86.2 cm³/mol. The number of piperidine rings is 1. The number of amides is 1. The van der Waals surface area contributed by atoms with E-state index in [0.717, 1.165) is 6.07 Å². The standard InChI is InChI=1S/C17H23F3N2O3/c1-10(2)9-13(23)11-5-7-22(8-6-11)16(25)12-3-4-14(17(18,19)20)21-15(12)24/h3-4,10-11,13,23H,5-9H2,1-2H3,(H,21,24)/t13-/m1/s1. The predicted octanol–water partition coefficient (Wildman–Crippen LogP) is 2.65. The summed E-state index contributed by atoms with van der Waals surface area (Å²) in [5.74, 6) is -0.107. The molecule has 0 unspecified atom stereocenters. The molecule has 2 N–H and O–H groups in total. The van der Waals surface area contributed by atoms with Gasteiger partial charge in [0, 0.05) is 13.1 Å². The summed E-state index contributed by atoms with van der Waals surface area (Å²) in [5.41, 5.74) is -2.51. The summed E-state index contributed by atoms with van der Waals surface area (Å²) in [4.78, 5) is 27.4. The molecule has 140 valence electrons. The van der Waals surface area contributed by atoms with Gasteiger partial charge >= 0.3 is 6.18 Å². The zero-order chi connectivity index (χ0) is 18.8. The molecule has 0 bridgehead atoms. The summed E-state index contributed by atoms with van der Waals surface area (Å²) < 4.78 is 37.7. The van der Waals surface area contributed by atoms with Crippen LogP contribution in [0.3, 0.4) is 0 Å². The van der Waals surface area contributed by atoms with Crippen molar-refractivity contribution in [3.63, 3.8) is 0 Å². The third kappa shape index (κ3) is 4.84. The Morgan fingerprint density at radius 2 is 1.92 bits per heavy atom. The van der Waals surface area contributed by atoms with Gasteiger partial charge in [-0.25, -0.2) is 0 Å². The lowest BCUT2D eigenvalue weighted by Crippen LogP contribution is -2.43. The van der Waals surface area contributed by atoms with Crippen molar-refractivity contribution in [2.45, 2.75) is 45.4 Å². The van der Waals surface area contributed by atoms with Crippen LogP contribution in [-0.4, -0.2) is 40.1 Å². The maximum absolute atomic E-state index is 12.6. The molecule has 0 radical (unpaired) electrons. The minimum absolute atomic E-state index is 0.0948. The largest absolute Gasteiger partial charge is 0.431 e. The highest BCUT2D eigenvalue weighted by atomic mass is 19.4. The van der Waals surface area contributed by atoms with Crippen LogP contribution in [0.1, 0.15) is 49.2 Å². The van der Waals surface area contributed by atoms with Crippen LogP contribution >= 0.6 is 0 Å². The topological polar surface area (TPSA) is 73.4 Å². The molecule has 8 heteroatoms. The van der Waals surface area contributed by atoms with Gasteiger partial charge in [-0.15, -0.1) is 0 Å². The first-order valence-corrected chi connectivity index (χ1v) is 8.37. The molecule has 2 heterocycles. The molecule has 1 amide bonds. The molecule has 0 aromatic carbocycles. The van der Waals surface area contributed by atoms with Gasteiger partial charge in [-0.05, 0) is 43.2 Å². The molecule has 5 nitrogen and oxygen atoms in total. The average Bonchev–Trinajstić information content (AvgIpc) is 2.53. The van der Waals surface area contributed by atoms with Crippen molar-refractivity contribution in [2.75, 3.05) is 13.1 Å². The van der Waals surface area contributed by atoms with Crippen molar-refractivity contribution in [2.24, 2.45) is 11.8 Å². The number of H-pyrrole nitrogens is 1. The lowest BCUT2D eigenvalue weighted by Gasteiger charge is -2.34. The molecule has 0 saturated carbocycles. The van der Waals surface area contributed by atoms with Gasteiger partial charge in [0.15, 0.2) is 0 Å². The molecule has 25 heavy (non-hydrogen) atoms. The van der Waals surface area contributed by atoms with Gasteiger partial charge in [0.2, 0.25) is 0 Å². The van der Waals surface area contributed by atoms with Crippen LogP contribution in [0.5, 0.6) is 0 Å². The van der Waals surface area contributed by atoms with E-state index in [-0.39, 0.29) is 11.5 Å². The van der Waals surface area contributed by atoms with Gasteiger partial charge in [0.05, 0.1) is 6.10 Å². The number of hydrogen-bond donors (Lipinski definition) is 2. The fraction of sp³-hybridized carbons (Fsp3) is 0.647. The highest BCUT2D eigenvalue weighted by molar-refractivity contribution is 5.93. The lowest BCUT2D eigenvalue weighted by molar-refractivity contribution is -0.141. The van der Waals surface area contributed by atoms with Crippen molar-refractivity contribution in [1.29, 1.82) is 0 Å². The number of nitrogens with zero attached hydrogens (tertiary/aromatic N) is 1. The molecule has 1 aromatic heterocycles. The summed E-state index contributed by atoms with van der Waals surface area (Å²) in [6.45, 7) is 4.80. The average molecular weight is 360 g/mol. The first-order chi connectivity index (χ1) is 11.6. The van der Waals surface area contributed by atoms with Crippen molar-refractivity contribution >= 4 is 5.91 Å². The first-order valence-electron chi connectivity index (χ1n) is 8.37. The Morgan fingerprint density at radius 3 is 2.40 bits per heavy atom. The molecular formula is C17H23F3N2O3. The number of halogens is 3. The molecule has 1 fully saturated rings. The van der Waals surface area contributed by atoms with Crippen LogP contribution < -0.4 is 5.56 Å². The molecule has 1 aliphatic rings. The minimum atomic E-state index is -4.66. The fourth-order valence-electron chi connectivity index (χ4n) is 3.14. The number of pyridine rings is 1. The molecule has 1 aliphatic heterocycles. The number of hydrogen-bond acceptors (Lipinski definition) is 3. The number of aromatic amines is 1. The number of aliphatic hydroxyl groups excluding tert-OH is 1. The Bertz CT molecular complexity index is 662. The molecular weight excluding hydrogens is 337 g/mol. The second-order valence-electron chi connectivity index (χ2n) is 6.94. The van der Waals surface area contributed by atoms with E-state index in [1.807, 2.05) is 13.8 Å². The fourth-order valence-corrected chi connectivity index (χ4v) is 3.14. The SMILES string of the molecule is CC(C)C[C@@H](O)C1CCN(C(=O)c2ccc(C(F)(F)F)[nH]c2=O)CC1. The highest BCUT2D eigenvalue weighted by Crippen LogP contribution is 2.27. The van der Waals surface area contributed by atoms with Crippen LogP contribution in [0.25, 0.3) is 0 Å². The summed E-state index contributed by atoms with van der Waals surface area (Å²) in [7, 11) is 0. The van der Waals surface area contributed by atoms with E-state index in [4.69, 9.17) is 0 Å². The van der Waals surface area contributed by atoms with Crippen molar-refractivity contribution in [3.05, 3.63) is 33.7 Å². The number of carbonyl (C=O) groups excluding carboxylic acids is 1. The number of carbonyl (C=O) groups is 1. The summed E-state index contributed by atoms with van der Waals surface area (Å²) in [6.07, 6.45) is -3.18. The van der Waals surface area contributed by atoms with Crippen LogP contribution in [0.4, 0.5) is 13.2 Å². The van der Waals surface area contributed by atoms with Crippen LogP contribution in [-0.2, 0) is 6.18 Å². The van der Waals surface area contributed by atoms with E-state index >= 15 is 0 Å². The molecule has 1 atom stereocenters. The second kappa shape index (κ2) is 7.59. The van der Waals surface area contributed by atoms with Crippen molar-refractivity contribution < 1.29 is 23.1 Å². The molecule has 1 aromatic rings. The Labute approximate surface area is 143 Å². The number of alkyl halides is 3. The van der Waals surface area contributed by atoms with Crippen molar-refractivity contribution in [3.8, 4) is 0 Å². The monoisotopic (exact) mass is 360 g/mol. The summed E-state index contributed by atoms with van der Waals surface area (Å²) in [5, 5.41) is 10.2. The summed E-state index contributed by atoms with van der Waals surface area (Å²) in [6, 6.07) is 1.62. The van der Waals surface area contributed by atoms with E-state index < -0.39 is 29.4 Å². The number of aromatic nitrogens is 1. The van der Waals surface area contributed by atoms with E-state index in [9.17, 15) is 27.9 Å². The Morgan fingerprint density at radius 1 is 1.32 bits per heavy atom. The molecule has 1 saturated heterocycles. The normalized spacial score (nSPS) is 17.8. The smallest absolute Gasteiger partial charge is 0.393 e. The zero-order valence-electron chi connectivity index (χ0n) is 14.3. The number of aliphatic hydroxyl groups is 1. The second-order valence-corrected chi connectivity index (χ2v) is 6.94. The van der Waals surface area contributed by atoms with Gasteiger partial charge in [0.25, 0.3) is 11.5 Å². The van der Waals surface area contributed by atoms with Crippen LogP contribution in [0, 0.1) is 11.8 Å². The van der Waals surface area contributed by atoms with Crippen LogP contribution in [0.15, 0.2) is 16.9 Å². The zero-order valence-corrected chi connectivity index (χ0v) is 14.3. The minimum Gasteiger partial charge on any atom is -0.393 e. The summed E-state index contributed by atoms with van der Waals surface area (Å²) >= 11 is 0. The van der Waals surface area contributed by atoms with Gasteiger partial charge < -0.3 is 15.0 Å². The van der Waals surface area contributed by atoms with E-state index in [1.54, 1.807) is 4.98 Å². The Hall–Kier alpha value is -1.83. The van der Waals surface area contributed by atoms with Gasteiger partial charge in [-0.3, -0.25) is 9.59 Å². The van der Waals surface area contributed by atoms with Gasteiger partial charge in [-0.2, -0.15) is 13.2 Å². The number of rotatable bonds is 4. The molecule has 2 rings (SSSR count). The molecule has 0 aliphatic carbocycles. The lowest BCUT2D eigenvalue weighted by atomic mass is 9.87. The third-order valence-corrected chi connectivity index (χ3v) is 4.53. The van der Waals surface area contributed by atoms with E-state index in [2.05, 4.69) is 0 Å². The van der Waals surface area contributed by atoms with Crippen molar-refractivity contribution in [1.82, 2.24) is 9.88 Å².